The Labute approximate surface area is 216 Å². The van der Waals surface area contributed by atoms with Crippen molar-refractivity contribution < 1.29 is 24.2 Å². The maximum absolute atomic E-state index is 13.2. The lowest BCUT2D eigenvalue weighted by molar-refractivity contribution is -0.139. The van der Waals surface area contributed by atoms with Gasteiger partial charge in [-0.3, -0.25) is 14.7 Å². The number of esters is 1. The summed E-state index contributed by atoms with van der Waals surface area (Å²) in [4.78, 5) is 35.8. The van der Waals surface area contributed by atoms with Gasteiger partial charge in [-0.2, -0.15) is 0 Å². The van der Waals surface area contributed by atoms with Gasteiger partial charge in [-0.15, -0.1) is 11.3 Å². The molecule has 1 aromatic carbocycles. The summed E-state index contributed by atoms with van der Waals surface area (Å²) in [5, 5.41) is 15.4. The number of nitrogens with zero attached hydrogens (tertiary/aromatic N) is 3. The quantitative estimate of drug-likeness (QED) is 0.492. The smallest absolute Gasteiger partial charge is 0.338 e. The van der Waals surface area contributed by atoms with Crippen molar-refractivity contribution in [3.8, 4) is 0 Å². The zero-order valence-corrected chi connectivity index (χ0v) is 21.3. The molecule has 2 aliphatic rings. The minimum Gasteiger partial charge on any atom is -0.481 e. The first kappa shape index (κ1) is 25.6. The Balaban J connectivity index is 1.80. The van der Waals surface area contributed by atoms with Crippen LogP contribution in [-0.4, -0.2) is 72.2 Å². The second kappa shape index (κ2) is 11.5. The molecule has 0 aliphatic carbocycles. The molecule has 12 heteroatoms. The van der Waals surface area contributed by atoms with E-state index in [0.717, 1.165) is 0 Å². The second-order valence-corrected chi connectivity index (χ2v) is 9.59. The van der Waals surface area contributed by atoms with Crippen LogP contribution in [0.4, 0.5) is 0 Å². The van der Waals surface area contributed by atoms with Gasteiger partial charge in [0.05, 0.1) is 37.5 Å². The lowest BCUT2D eigenvalue weighted by atomic mass is 9.95. The third-order valence-corrected chi connectivity index (χ3v) is 6.91. The van der Waals surface area contributed by atoms with Gasteiger partial charge >= 0.3 is 11.9 Å². The summed E-state index contributed by atoms with van der Waals surface area (Å²) in [7, 11) is 0. The highest BCUT2D eigenvalue weighted by Gasteiger charge is 2.35. The number of carbonyl (C=O) groups excluding carboxylic acids is 1. The highest BCUT2D eigenvalue weighted by Crippen LogP contribution is 2.37. The van der Waals surface area contributed by atoms with Gasteiger partial charge < -0.3 is 19.9 Å². The molecule has 1 aromatic heterocycles. The van der Waals surface area contributed by atoms with Crippen LogP contribution in [0.5, 0.6) is 0 Å². The van der Waals surface area contributed by atoms with E-state index in [-0.39, 0.29) is 13.0 Å². The molecule has 2 N–H and O–H groups in total. The average Bonchev–Trinajstić information content (AvgIpc) is 3.27. The monoisotopic (exact) mass is 538 g/mol. The number of rotatable bonds is 8. The number of morpholine rings is 1. The Morgan fingerprint density at radius 1 is 1.31 bits per heavy atom. The van der Waals surface area contributed by atoms with E-state index < -0.39 is 18.0 Å². The number of ether oxygens (including phenoxy) is 2. The van der Waals surface area contributed by atoms with E-state index in [1.165, 1.54) is 11.3 Å². The van der Waals surface area contributed by atoms with Crippen LogP contribution in [0, 0.1) is 0 Å². The van der Waals surface area contributed by atoms with Gasteiger partial charge in [0.1, 0.15) is 6.04 Å². The Bertz CT molecular complexity index is 1180. The molecule has 0 spiro atoms. The zero-order valence-electron chi connectivity index (χ0n) is 18.9. The van der Waals surface area contributed by atoms with Crippen LogP contribution in [0.25, 0.3) is 0 Å². The average molecular weight is 539 g/mol. The molecular weight excluding hydrogens is 515 g/mol. The number of carboxylic acid groups (broad SMARTS) is 1. The van der Waals surface area contributed by atoms with Crippen LogP contribution in [0.1, 0.15) is 29.2 Å². The van der Waals surface area contributed by atoms with Gasteiger partial charge in [-0.25, -0.2) is 9.78 Å². The highest BCUT2D eigenvalue weighted by molar-refractivity contribution is 7.11. The Morgan fingerprint density at radius 3 is 2.77 bits per heavy atom. The SMILES string of the molecule is CCOC(=O)C1=C(CN2CCOCC2)NC(c2nc(CC(=O)O)cs2)=NC1c1ccc(Cl)cc1Cl. The number of hydrogen-bond acceptors (Lipinski definition) is 9. The minimum absolute atomic E-state index is 0.194. The molecule has 186 valence electrons. The summed E-state index contributed by atoms with van der Waals surface area (Å²) in [6, 6.07) is 4.27. The molecule has 2 aliphatic heterocycles. The first-order valence-corrected chi connectivity index (χ1v) is 12.7. The molecule has 4 rings (SSSR count). The van der Waals surface area contributed by atoms with Gasteiger partial charge in [0.25, 0.3) is 0 Å². The van der Waals surface area contributed by atoms with E-state index in [1.54, 1.807) is 30.5 Å². The molecule has 0 saturated carbocycles. The van der Waals surface area contributed by atoms with Crippen molar-refractivity contribution in [2.24, 2.45) is 4.99 Å². The highest BCUT2D eigenvalue weighted by atomic mass is 35.5. The Kier molecular flexibility index (Phi) is 8.40. The van der Waals surface area contributed by atoms with Crippen molar-refractivity contribution in [3.05, 3.63) is 61.2 Å². The molecule has 1 unspecified atom stereocenters. The van der Waals surface area contributed by atoms with E-state index in [9.17, 15) is 9.59 Å². The van der Waals surface area contributed by atoms with Crippen LogP contribution >= 0.6 is 34.5 Å². The van der Waals surface area contributed by atoms with Crippen LogP contribution < -0.4 is 5.32 Å². The number of benzene rings is 1. The number of hydrogen-bond donors (Lipinski definition) is 2. The normalized spacial score (nSPS) is 18.7. The number of aliphatic imine (C=N–C) groups is 1. The van der Waals surface area contributed by atoms with Crippen LogP contribution in [0.2, 0.25) is 10.0 Å². The summed E-state index contributed by atoms with van der Waals surface area (Å²) < 4.78 is 10.9. The van der Waals surface area contributed by atoms with Gasteiger partial charge in [-0.05, 0) is 19.1 Å². The van der Waals surface area contributed by atoms with E-state index in [4.69, 9.17) is 42.8 Å². The summed E-state index contributed by atoms with van der Waals surface area (Å²) >= 11 is 13.9. The molecule has 1 saturated heterocycles. The van der Waals surface area contributed by atoms with Gasteiger partial charge in [0.2, 0.25) is 0 Å². The molecule has 35 heavy (non-hydrogen) atoms. The Hall–Kier alpha value is -2.50. The van der Waals surface area contributed by atoms with Crippen molar-refractivity contribution >= 4 is 52.3 Å². The predicted octanol–water partition coefficient (Wildman–Crippen LogP) is 3.32. The summed E-state index contributed by atoms with van der Waals surface area (Å²) in [5.74, 6) is -1.03. The standard InChI is InChI=1S/C23H24Cl2N4O5S/c1-2-34-23(32)19-17(11-29-5-7-33-8-6-29)27-21(22-26-14(12-35-22)10-18(30)31)28-20(19)15-4-3-13(24)9-16(15)25/h3-4,9,12,20H,2,5-8,10-11H2,1H3,(H,27,28)(H,30,31). The summed E-state index contributed by atoms with van der Waals surface area (Å²) in [6.07, 6.45) is -0.194. The molecule has 0 radical (unpaired) electrons. The molecule has 9 nitrogen and oxygen atoms in total. The third kappa shape index (κ3) is 6.20. The van der Waals surface area contributed by atoms with E-state index in [2.05, 4.69) is 15.2 Å². The number of aromatic nitrogens is 1. The maximum atomic E-state index is 13.2. The number of halogens is 2. The lowest BCUT2D eigenvalue weighted by Crippen LogP contribution is -2.43. The molecule has 1 fully saturated rings. The topological polar surface area (TPSA) is 113 Å². The van der Waals surface area contributed by atoms with Crippen LogP contribution in [0.3, 0.4) is 0 Å². The second-order valence-electron chi connectivity index (χ2n) is 7.89. The van der Waals surface area contributed by atoms with Crippen LogP contribution in [-0.2, 0) is 25.5 Å². The third-order valence-electron chi connectivity index (χ3n) is 5.45. The van der Waals surface area contributed by atoms with Gasteiger partial charge in [0.15, 0.2) is 10.8 Å². The number of aliphatic carboxylic acids is 1. The molecule has 0 amide bonds. The largest absolute Gasteiger partial charge is 0.481 e. The Morgan fingerprint density at radius 2 is 2.09 bits per heavy atom. The van der Waals surface area contributed by atoms with E-state index in [0.29, 0.717) is 76.3 Å². The number of amidine groups is 1. The number of nitrogens with one attached hydrogen (secondary N) is 1. The van der Waals surface area contributed by atoms with Crippen LogP contribution in [0.15, 0.2) is 39.8 Å². The van der Waals surface area contributed by atoms with Crippen molar-refractivity contribution in [1.82, 2.24) is 15.2 Å². The number of thiazole rings is 1. The fraction of sp³-hybridized carbons (Fsp3) is 0.391. The molecule has 2 aromatic rings. The van der Waals surface area contributed by atoms with Crippen molar-refractivity contribution in [1.29, 1.82) is 0 Å². The van der Waals surface area contributed by atoms with Crippen molar-refractivity contribution in [2.75, 3.05) is 39.5 Å². The molecule has 0 bridgehead atoms. The fourth-order valence-corrected chi connectivity index (χ4v) is 5.14. The fourth-order valence-electron chi connectivity index (χ4n) is 3.86. The van der Waals surface area contributed by atoms with Gasteiger partial charge in [-0.1, -0.05) is 29.3 Å². The summed E-state index contributed by atoms with van der Waals surface area (Å²) in [6.45, 7) is 5.00. The molecular formula is C23H24Cl2N4O5S. The van der Waals surface area contributed by atoms with Gasteiger partial charge in [0, 0.05) is 46.3 Å². The van der Waals surface area contributed by atoms with E-state index >= 15 is 0 Å². The zero-order chi connectivity index (χ0) is 24.9. The first-order valence-electron chi connectivity index (χ1n) is 11.0. The van der Waals surface area contributed by atoms with E-state index in [1.807, 2.05) is 0 Å². The molecule has 3 heterocycles. The first-order chi connectivity index (χ1) is 16.9. The maximum Gasteiger partial charge on any atom is 0.338 e. The number of carboxylic acids is 1. The molecule has 1 atom stereocenters. The van der Waals surface area contributed by atoms with Crippen molar-refractivity contribution in [2.45, 2.75) is 19.4 Å². The summed E-state index contributed by atoms with van der Waals surface area (Å²) in [5.41, 5.74) is 2.01. The lowest BCUT2D eigenvalue weighted by Gasteiger charge is -2.32. The predicted molar refractivity (Wildman–Crippen MR) is 133 cm³/mol. The minimum atomic E-state index is -0.969. The van der Waals surface area contributed by atoms with Crippen molar-refractivity contribution in [3.63, 3.8) is 0 Å². The number of carbonyl (C=O) groups is 2.